The van der Waals surface area contributed by atoms with E-state index >= 15 is 0 Å². The van der Waals surface area contributed by atoms with Crippen LogP contribution in [0.25, 0.3) is 0 Å². The molecule has 0 radical (unpaired) electrons. The van der Waals surface area contributed by atoms with Crippen molar-refractivity contribution in [3.63, 3.8) is 0 Å². The Bertz CT molecular complexity index is 372. The van der Waals surface area contributed by atoms with Crippen molar-refractivity contribution in [3.05, 3.63) is 33.8 Å². The van der Waals surface area contributed by atoms with Crippen LogP contribution in [-0.4, -0.2) is 11.4 Å². The number of amidine groups is 1. The van der Waals surface area contributed by atoms with Crippen LogP contribution in [0.3, 0.4) is 0 Å². The number of hydrogen-bond donors (Lipinski definition) is 1. The number of nitrogens with two attached hydrogens (primary N) is 1. The van der Waals surface area contributed by atoms with Crippen molar-refractivity contribution in [1.29, 1.82) is 0 Å². The van der Waals surface area contributed by atoms with E-state index in [1.54, 1.807) is 18.2 Å². The summed E-state index contributed by atoms with van der Waals surface area (Å²) in [5.41, 5.74) is 6.23. The van der Waals surface area contributed by atoms with Gasteiger partial charge in [0.25, 0.3) is 0 Å². The van der Waals surface area contributed by atoms with Gasteiger partial charge in [-0.3, -0.25) is 4.99 Å². The Kier molecular flexibility index (Phi) is 3.63. The van der Waals surface area contributed by atoms with Crippen LogP contribution in [0.4, 0.5) is 0 Å². The second-order valence-electron chi connectivity index (χ2n) is 4.26. The highest BCUT2D eigenvalue weighted by Crippen LogP contribution is 2.24. The highest BCUT2D eigenvalue weighted by Gasteiger charge is 2.13. The first kappa shape index (κ1) is 12.3. The predicted molar refractivity (Wildman–Crippen MR) is 66.9 cm³/mol. The third kappa shape index (κ3) is 3.40. The lowest BCUT2D eigenvalue weighted by Gasteiger charge is -2.15. The highest BCUT2D eigenvalue weighted by atomic mass is 35.5. The summed E-state index contributed by atoms with van der Waals surface area (Å²) in [6.45, 7) is 5.89. The molecule has 1 aromatic carbocycles. The molecule has 0 saturated carbocycles. The number of hydrogen-bond acceptors (Lipinski definition) is 1. The molecule has 1 aromatic rings. The van der Waals surface area contributed by atoms with Crippen LogP contribution in [0, 0.1) is 0 Å². The van der Waals surface area contributed by atoms with Crippen LogP contribution < -0.4 is 5.73 Å². The molecule has 2 N–H and O–H groups in total. The van der Waals surface area contributed by atoms with Crippen molar-refractivity contribution in [3.8, 4) is 0 Å². The minimum absolute atomic E-state index is 0.243. The Morgan fingerprint density at radius 3 is 2.07 bits per heavy atom. The Morgan fingerprint density at radius 2 is 1.67 bits per heavy atom. The van der Waals surface area contributed by atoms with Crippen LogP contribution in [0.15, 0.2) is 23.2 Å². The molecule has 0 spiro atoms. The maximum Gasteiger partial charge on any atom is 0.129 e. The number of rotatable bonds is 1. The molecule has 4 heteroatoms. The molecule has 0 aliphatic heterocycles. The summed E-state index contributed by atoms with van der Waals surface area (Å²) in [5, 5.41) is 1.04. The van der Waals surface area contributed by atoms with Crippen molar-refractivity contribution in [2.24, 2.45) is 10.7 Å². The fourth-order valence-corrected chi connectivity index (χ4v) is 1.75. The summed E-state index contributed by atoms with van der Waals surface area (Å²) in [5.74, 6) is 0.373. The molecular weight excluding hydrogens is 231 g/mol. The molecule has 0 unspecified atom stereocenters. The highest BCUT2D eigenvalue weighted by molar-refractivity contribution is 6.39. The quantitative estimate of drug-likeness (QED) is 0.596. The van der Waals surface area contributed by atoms with E-state index in [1.165, 1.54) is 0 Å². The van der Waals surface area contributed by atoms with Gasteiger partial charge in [-0.05, 0) is 32.9 Å². The maximum absolute atomic E-state index is 6.01. The third-order valence-electron chi connectivity index (χ3n) is 1.67. The van der Waals surface area contributed by atoms with Crippen LogP contribution in [0.1, 0.15) is 26.3 Å². The van der Waals surface area contributed by atoms with E-state index < -0.39 is 0 Å². The molecule has 82 valence electrons. The number of halogens is 2. The number of nitrogens with zero attached hydrogens (tertiary/aromatic N) is 1. The second kappa shape index (κ2) is 4.42. The monoisotopic (exact) mass is 244 g/mol. The van der Waals surface area contributed by atoms with E-state index in [-0.39, 0.29) is 5.54 Å². The van der Waals surface area contributed by atoms with Gasteiger partial charge >= 0.3 is 0 Å². The summed E-state index contributed by atoms with van der Waals surface area (Å²) in [6, 6.07) is 5.26. The summed E-state index contributed by atoms with van der Waals surface area (Å²) >= 11 is 12.0. The van der Waals surface area contributed by atoms with Crippen molar-refractivity contribution >= 4 is 29.0 Å². The zero-order valence-electron chi connectivity index (χ0n) is 9.01. The topological polar surface area (TPSA) is 38.4 Å². The lowest BCUT2D eigenvalue weighted by atomic mass is 10.1. The molecule has 2 nitrogen and oxygen atoms in total. The SMILES string of the molecule is CC(C)(C)N=C(N)c1c(Cl)cccc1Cl. The minimum atomic E-state index is -0.243. The lowest BCUT2D eigenvalue weighted by molar-refractivity contribution is 0.583. The van der Waals surface area contributed by atoms with Gasteiger partial charge in [0, 0.05) is 0 Å². The van der Waals surface area contributed by atoms with E-state index in [0.717, 1.165) is 0 Å². The minimum Gasteiger partial charge on any atom is -0.383 e. The van der Waals surface area contributed by atoms with Crippen molar-refractivity contribution in [2.75, 3.05) is 0 Å². The predicted octanol–water partition coefficient (Wildman–Crippen LogP) is 3.50. The van der Waals surface area contributed by atoms with Gasteiger partial charge in [-0.1, -0.05) is 29.3 Å². The second-order valence-corrected chi connectivity index (χ2v) is 5.08. The van der Waals surface area contributed by atoms with Gasteiger partial charge in [0.15, 0.2) is 0 Å². The van der Waals surface area contributed by atoms with Gasteiger partial charge in [-0.15, -0.1) is 0 Å². The van der Waals surface area contributed by atoms with E-state index in [0.29, 0.717) is 21.4 Å². The molecule has 0 heterocycles. The van der Waals surface area contributed by atoms with Crippen LogP contribution in [-0.2, 0) is 0 Å². The Hall–Kier alpha value is -0.730. The third-order valence-corrected chi connectivity index (χ3v) is 2.30. The summed E-state index contributed by atoms with van der Waals surface area (Å²) in [4.78, 5) is 4.33. The van der Waals surface area contributed by atoms with Gasteiger partial charge in [0.1, 0.15) is 5.84 Å². The van der Waals surface area contributed by atoms with Gasteiger partial charge < -0.3 is 5.73 Å². The fraction of sp³-hybridized carbons (Fsp3) is 0.364. The molecule has 0 bridgehead atoms. The number of benzene rings is 1. The van der Waals surface area contributed by atoms with Gasteiger partial charge in [0.05, 0.1) is 21.1 Å². The Balaban J connectivity index is 3.23. The first-order valence-electron chi connectivity index (χ1n) is 4.61. The average molecular weight is 245 g/mol. The van der Waals surface area contributed by atoms with E-state index in [1.807, 2.05) is 20.8 Å². The van der Waals surface area contributed by atoms with Gasteiger partial charge in [0.2, 0.25) is 0 Å². The standard InChI is InChI=1S/C11H14Cl2N2/c1-11(2,3)15-10(14)9-7(12)5-4-6-8(9)13/h4-6H,1-3H3,(H2,14,15). The molecule has 0 aromatic heterocycles. The molecule has 0 aliphatic rings. The molecule has 0 fully saturated rings. The lowest BCUT2D eigenvalue weighted by Crippen LogP contribution is -2.22. The molecule has 0 aliphatic carbocycles. The number of aliphatic imine (C=N–C) groups is 1. The van der Waals surface area contributed by atoms with Gasteiger partial charge in [-0.2, -0.15) is 0 Å². The van der Waals surface area contributed by atoms with Crippen LogP contribution in [0.2, 0.25) is 10.0 Å². The first-order valence-corrected chi connectivity index (χ1v) is 5.36. The molecule has 0 amide bonds. The van der Waals surface area contributed by atoms with Crippen LogP contribution in [0.5, 0.6) is 0 Å². The normalized spacial score (nSPS) is 13.0. The fourth-order valence-electron chi connectivity index (χ4n) is 1.16. The summed E-state index contributed by atoms with van der Waals surface area (Å²) < 4.78 is 0. The van der Waals surface area contributed by atoms with E-state index in [2.05, 4.69) is 4.99 Å². The van der Waals surface area contributed by atoms with Gasteiger partial charge in [-0.25, -0.2) is 0 Å². The smallest absolute Gasteiger partial charge is 0.129 e. The van der Waals surface area contributed by atoms with Crippen molar-refractivity contribution in [1.82, 2.24) is 0 Å². The van der Waals surface area contributed by atoms with Crippen LogP contribution >= 0.6 is 23.2 Å². The molecule has 1 rings (SSSR count). The Labute approximate surface area is 100 Å². The first-order chi connectivity index (χ1) is 6.81. The van der Waals surface area contributed by atoms with Crippen molar-refractivity contribution < 1.29 is 0 Å². The summed E-state index contributed by atoms with van der Waals surface area (Å²) in [6.07, 6.45) is 0. The molecule has 15 heavy (non-hydrogen) atoms. The average Bonchev–Trinajstić information content (AvgIpc) is 1.99. The zero-order chi connectivity index (χ0) is 11.6. The largest absolute Gasteiger partial charge is 0.383 e. The molecule has 0 saturated heterocycles. The summed E-state index contributed by atoms with van der Waals surface area (Å²) in [7, 11) is 0. The zero-order valence-corrected chi connectivity index (χ0v) is 10.5. The molecule has 0 atom stereocenters. The van der Waals surface area contributed by atoms with E-state index in [9.17, 15) is 0 Å². The van der Waals surface area contributed by atoms with E-state index in [4.69, 9.17) is 28.9 Å². The Morgan fingerprint density at radius 1 is 1.20 bits per heavy atom. The molecular formula is C11H14Cl2N2. The maximum atomic E-state index is 6.01. The van der Waals surface area contributed by atoms with Crippen molar-refractivity contribution in [2.45, 2.75) is 26.3 Å².